The Kier molecular flexibility index (Phi) is 3.46. The average molecular weight is 199 g/mol. The second-order valence-electron chi connectivity index (χ2n) is 3.57. The molecule has 0 aliphatic carbocycles. The van der Waals surface area contributed by atoms with Crippen LogP contribution in [0.2, 0.25) is 0 Å². The zero-order valence-electron chi connectivity index (χ0n) is 8.62. The Bertz CT molecular complexity index is 242. The lowest BCUT2D eigenvalue weighted by Gasteiger charge is -2.34. The summed E-state index contributed by atoms with van der Waals surface area (Å²) in [5, 5.41) is 2.52. The second kappa shape index (κ2) is 4.41. The summed E-state index contributed by atoms with van der Waals surface area (Å²) in [5.74, 6) is -0.264. The van der Waals surface area contributed by atoms with Crippen LogP contribution in [0.5, 0.6) is 0 Å². The first-order valence-electron chi connectivity index (χ1n) is 4.85. The molecule has 0 bridgehead atoms. The van der Waals surface area contributed by atoms with Gasteiger partial charge in [0.1, 0.15) is 6.04 Å². The Morgan fingerprint density at radius 2 is 2.36 bits per heavy atom. The van der Waals surface area contributed by atoms with Crippen molar-refractivity contribution in [1.29, 1.82) is 0 Å². The van der Waals surface area contributed by atoms with Crippen molar-refractivity contribution in [2.24, 2.45) is 5.73 Å². The number of amides is 2. The smallest absolute Gasteiger partial charge is 0.242 e. The third kappa shape index (κ3) is 2.04. The summed E-state index contributed by atoms with van der Waals surface area (Å²) >= 11 is 0. The molecular weight excluding hydrogens is 182 g/mol. The number of carbonyl (C=O) groups excluding carboxylic acids is 2. The SMILES string of the molecule is CNC(=O)C(C)N1CCCC(N)C1=O. The van der Waals surface area contributed by atoms with Crippen LogP contribution in [0.4, 0.5) is 0 Å². The van der Waals surface area contributed by atoms with Crippen LogP contribution in [0.25, 0.3) is 0 Å². The predicted molar refractivity (Wildman–Crippen MR) is 52.5 cm³/mol. The summed E-state index contributed by atoms with van der Waals surface area (Å²) in [6.45, 7) is 2.34. The molecule has 1 saturated heterocycles. The van der Waals surface area contributed by atoms with Crippen LogP contribution in [-0.2, 0) is 9.59 Å². The molecule has 0 radical (unpaired) electrons. The quantitative estimate of drug-likeness (QED) is 0.603. The molecule has 1 aliphatic heterocycles. The Morgan fingerprint density at radius 3 is 2.93 bits per heavy atom. The van der Waals surface area contributed by atoms with E-state index in [4.69, 9.17) is 5.73 Å². The van der Waals surface area contributed by atoms with Crippen molar-refractivity contribution >= 4 is 11.8 Å². The summed E-state index contributed by atoms with van der Waals surface area (Å²) in [4.78, 5) is 24.5. The van der Waals surface area contributed by atoms with Crippen LogP contribution >= 0.6 is 0 Å². The standard InChI is InChI=1S/C9H17N3O2/c1-6(8(13)11-2)12-5-3-4-7(10)9(12)14/h6-7H,3-5,10H2,1-2H3,(H,11,13). The predicted octanol–water partition coefficient (Wildman–Crippen LogP) is -0.929. The number of nitrogens with one attached hydrogen (secondary N) is 1. The van der Waals surface area contributed by atoms with Gasteiger partial charge in [-0.15, -0.1) is 0 Å². The monoisotopic (exact) mass is 199 g/mol. The van der Waals surface area contributed by atoms with E-state index in [1.807, 2.05) is 0 Å². The highest BCUT2D eigenvalue weighted by atomic mass is 16.2. The van der Waals surface area contributed by atoms with Crippen LogP contribution in [0.3, 0.4) is 0 Å². The van der Waals surface area contributed by atoms with Gasteiger partial charge in [-0.2, -0.15) is 0 Å². The number of nitrogens with two attached hydrogens (primary N) is 1. The van der Waals surface area contributed by atoms with Gasteiger partial charge in [-0.3, -0.25) is 9.59 Å². The zero-order valence-corrected chi connectivity index (χ0v) is 8.62. The van der Waals surface area contributed by atoms with E-state index in [1.165, 1.54) is 0 Å². The maximum absolute atomic E-state index is 11.6. The first-order valence-corrected chi connectivity index (χ1v) is 4.85. The Hall–Kier alpha value is -1.10. The van der Waals surface area contributed by atoms with E-state index in [9.17, 15) is 9.59 Å². The van der Waals surface area contributed by atoms with E-state index in [0.717, 1.165) is 12.8 Å². The van der Waals surface area contributed by atoms with Crippen LogP contribution < -0.4 is 11.1 Å². The molecule has 1 fully saturated rings. The molecule has 0 saturated carbocycles. The molecule has 80 valence electrons. The molecule has 1 rings (SSSR count). The second-order valence-corrected chi connectivity index (χ2v) is 3.57. The Labute approximate surface area is 83.6 Å². The Morgan fingerprint density at radius 1 is 1.71 bits per heavy atom. The van der Waals surface area contributed by atoms with Gasteiger partial charge in [0.05, 0.1) is 6.04 Å². The summed E-state index contributed by atoms with van der Waals surface area (Å²) in [6.07, 6.45) is 1.59. The van der Waals surface area contributed by atoms with Crippen molar-refractivity contribution in [3.8, 4) is 0 Å². The molecular formula is C9H17N3O2. The topological polar surface area (TPSA) is 75.4 Å². The molecule has 0 aromatic rings. The lowest BCUT2D eigenvalue weighted by molar-refractivity contribution is -0.142. The van der Waals surface area contributed by atoms with Gasteiger partial charge in [-0.25, -0.2) is 0 Å². The van der Waals surface area contributed by atoms with Crippen LogP contribution in [0.15, 0.2) is 0 Å². The highest BCUT2D eigenvalue weighted by Crippen LogP contribution is 2.13. The summed E-state index contributed by atoms with van der Waals surface area (Å²) in [7, 11) is 1.56. The number of likely N-dealkylation sites (N-methyl/N-ethyl adjacent to an activating group) is 1. The van der Waals surface area contributed by atoms with Crippen molar-refractivity contribution in [3.63, 3.8) is 0 Å². The van der Waals surface area contributed by atoms with Crippen molar-refractivity contribution in [2.75, 3.05) is 13.6 Å². The fourth-order valence-corrected chi connectivity index (χ4v) is 1.66. The molecule has 1 heterocycles. The van der Waals surface area contributed by atoms with E-state index in [0.29, 0.717) is 6.54 Å². The Balaban J connectivity index is 2.66. The van der Waals surface area contributed by atoms with Gasteiger partial charge in [0.15, 0.2) is 0 Å². The van der Waals surface area contributed by atoms with Gasteiger partial charge >= 0.3 is 0 Å². The largest absolute Gasteiger partial charge is 0.357 e. The van der Waals surface area contributed by atoms with Gasteiger partial charge in [0, 0.05) is 13.6 Å². The van der Waals surface area contributed by atoms with Crippen molar-refractivity contribution in [3.05, 3.63) is 0 Å². The van der Waals surface area contributed by atoms with Crippen LogP contribution in [0.1, 0.15) is 19.8 Å². The zero-order chi connectivity index (χ0) is 10.7. The number of likely N-dealkylation sites (tertiary alicyclic amines) is 1. The number of rotatable bonds is 2. The van der Waals surface area contributed by atoms with E-state index in [-0.39, 0.29) is 11.8 Å². The molecule has 0 spiro atoms. The molecule has 3 N–H and O–H groups in total. The van der Waals surface area contributed by atoms with Crippen molar-refractivity contribution in [1.82, 2.24) is 10.2 Å². The lowest BCUT2D eigenvalue weighted by Crippen LogP contribution is -2.55. The molecule has 5 nitrogen and oxygen atoms in total. The minimum absolute atomic E-state index is 0.118. The summed E-state index contributed by atoms with van der Waals surface area (Å²) < 4.78 is 0. The fourth-order valence-electron chi connectivity index (χ4n) is 1.66. The fraction of sp³-hybridized carbons (Fsp3) is 0.778. The van der Waals surface area contributed by atoms with Gasteiger partial charge in [0.2, 0.25) is 11.8 Å². The highest BCUT2D eigenvalue weighted by Gasteiger charge is 2.31. The molecule has 2 amide bonds. The van der Waals surface area contributed by atoms with E-state index in [1.54, 1.807) is 18.9 Å². The lowest BCUT2D eigenvalue weighted by atomic mass is 10.0. The number of piperidine rings is 1. The van der Waals surface area contributed by atoms with Gasteiger partial charge in [-0.1, -0.05) is 0 Å². The summed E-state index contributed by atoms with van der Waals surface area (Å²) in [6, 6.07) is -0.852. The van der Waals surface area contributed by atoms with Crippen molar-refractivity contribution < 1.29 is 9.59 Å². The van der Waals surface area contributed by atoms with Crippen LogP contribution in [-0.4, -0.2) is 42.4 Å². The number of hydrogen-bond donors (Lipinski definition) is 2. The third-order valence-electron chi connectivity index (χ3n) is 2.61. The van der Waals surface area contributed by atoms with Crippen molar-refractivity contribution in [2.45, 2.75) is 31.8 Å². The maximum atomic E-state index is 11.6. The van der Waals surface area contributed by atoms with Gasteiger partial charge in [0.25, 0.3) is 0 Å². The minimum Gasteiger partial charge on any atom is -0.357 e. The molecule has 5 heteroatoms. The molecule has 1 aliphatic rings. The average Bonchev–Trinajstić information content (AvgIpc) is 2.20. The molecule has 0 aromatic heterocycles. The van der Waals surface area contributed by atoms with Crippen LogP contribution in [0, 0.1) is 0 Å². The number of nitrogens with zero attached hydrogens (tertiary/aromatic N) is 1. The molecule has 14 heavy (non-hydrogen) atoms. The third-order valence-corrected chi connectivity index (χ3v) is 2.61. The molecule has 2 unspecified atom stereocenters. The minimum atomic E-state index is -0.434. The number of hydrogen-bond acceptors (Lipinski definition) is 3. The molecule has 2 atom stereocenters. The summed E-state index contributed by atoms with van der Waals surface area (Å²) in [5.41, 5.74) is 5.63. The van der Waals surface area contributed by atoms with E-state index >= 15 is 0 Å². The first kappa shape index (κ1) is 11.0. The van der Waals surface area contributed by atoms with Gasteiger partial charge in [-0.05, 0) is 19.8 Å². The maximum Gasteiger partial charge on any atom is 0.242 e. The molecule has 0 aromatic carbocycles. The number of carbonyl (C=O) groups is 2. The highest BCUT2D eigenvalue weighted by molar-refractivity contribution is 5.89. The first-order chi connectivity index (χ1) is 6.57. The van der Waals surface area contributed by atoms with E-state index in [2.05, 4.69) is 5.32 Å². The van der Waals surface area contributed by atoms with Gasteiger partial charge < -0.3 is 16.0 Å². The van der Waals surface area contributed by atoms with E-state index < -0.39 is 12.1 Å². The normalized spacial score (nSPS) is 24.6.